The first-order valence-corrected chi connectivity index (χ1v) is 11.7. The Morgan fingerprint density at radius 2 is 1.97 bits per heavy atom. The van der Waals surface area contributed by atoms with Gasteiger partial charge in [0.05, 0.1) is 11.9 Å². The Hall–Kier alpha value is -3.83. The van der Waals surface area contributed by atoms with Gasteiger partial charge in [0.2, 0.25) is 17.7 Å². The van der Waals surface area contributed by atoms with Gasteiger partial charge < -0.3 is 25.4 Å². The Morgan fingerprint density at radius 3 is 2.70 bits per heavy atom. The van der Waals surface area contributed by atoms with Gasteiger partial charge in [-0.05, 0) is 67.8 Å². The number of nitrogens with one attached hydrogen (secondary N) is 3. The van der Waals surface area contributed by atoms with Gasteiger partial charge in [-0.15, -0.1) is 13.2 Å². The Balaban J connectivity index is 1.57. The van der Waals surface area contributed by atoms with E-state index in [4.69, 9.17) is 16.3 Å². The molecule has 1 fully saturated rings. The van der Waals surface area contributed by atoms with Crippen molar-refractivity contribution in [3.8, 4) is 17.4 Å². The number of hydrogen-bond donors (Lipinski definition) is 3. The van der Waals surface area contributed by atoms with E-state index in [1.54, 1.807) is 30.3 Å². The van der Waals surface area contributed by atoms with Crippen LogP contribution in [0.15, 0.2) is 61.3 Å². The standard InChI is InChI=1S/C25H23ClF3N5O3/c1-2-22(35)32-17-4-3-5-18(13-17)36-23-19(26)14-31-24(34-23)33-20-7-6-16(15-8-10-30-11-9-15)12-21(20)37-25(27,28)29/h2-7,12-15,30H,1,8-11H2,(H,32,35)(H,31,33,34). The van der Waals surface area contributed by atoms with Crippen molar-refractivity contribution in [3.63, 3.8) is 0 Å². The van der Waals surface area contributed by atoms with E-state index in [0.717, 1.165) is 37.6 Å². The maximum atomic E-state index is 13.2. The Bertz CT molecular complexity index is 1280. The lowest BCUT2D eigenvalue weighted by Crippen LogP contribution is -2.26. The second-order valence-electron chi connectivity index (χ2n) is 8.12. The summed E-state index contributed by atoms with van der Waals surface area (Å²) in [6.45, 7) is 4.99. The molecule has 1 amide bonds. The summed E-state index contributed by atoms with van der Waals surface area (Å²) in [7, 11) is 0. The fourth-order valence-corrected chi connectivity index (χ4v) is 3.94. The summed E-state index contributed by atoms with van der Waals surface area (Å²) >= 11 is 6.18. The molecule has 1 aliphatic heterocycles. The third-order valence-corrected chi connectivity index (χ3v) is 5.76. The molecule has 1 saturated heterocycles. The highest BCUT2D eigenvalue weighted by Gasteiger charge is 2.33. The second kappa shape index (κ2) is 11.5. The van der Waals surface area contributed by atoms with Crippen LogP contribution in [0.25, 0.3) is 0 Å². The quantitative estimate of drug-likeness (QED) is 0.298. The van der Waals surface area contributed by atoms with Crippen molar-refractivity contribution in [1.82, 2.24) is 15.3 Å². The van der Waals surface area contributed by atoms with Crippen LogP contribution in [0.5, 0.6) is 17.4 Å². The number of piperidine rings is 1. The average Bonchev–Trinajstić information content (AvgIpc) is 2.87. The number of hydrogen-bond acceptors (Lipinski definition) is 7. The largest absolute Gasteiger partial charge is 0.573 e. The van der Waals surface area contributed by atoms with Crippen LogP contribution >= 0.6 is 11.6 Å². The first-order valence-electron chi connectivity index (χ1n) is 11.3. The van der Waals surface area contributed by atoms with E-state index < -0.39 is 18.0 Å². The van der Waals surface area contributed by atoms with Gasteiger partial charge in [-0.2, -0.15) is 4.98 Å². The number of halogens is 4. The lowest BCUT2D eigenvalue weighted by atomic mass is 9.90. The molecule has 37 heavy (non-hydrogen) atoms. The van der Waals surface area contributed by atoms with Gasteiger partial charge >= 0.3 is 6.36 Å². The van der Waals surface area contributed by atoms with Crippen LogP contribution in [-0.2, 0) is 4.79 Å². The van der Waals surface area contributed by atoms with Crippen molar-refractivity contribution in [3.05, 3.63) is 71.9 Å². The summed E-state index contributed by atoms with van der Waals surface area (Å²) in [6, 6.07) is 11.1. The Kier molecular flexibility index (Phi) is 8.14. The number of aromatic nitrogens is 2. The van der Waals surface area contributed by atoms with E-state index in [9.17, 15) is 18.0 Å². The van der Waals surface area contributed by atoms with Crippen molar-refractivity contribution < 1.29 is 27.4 Å². The number of benzene rings is 2. The molecule has 2 aromatic carbocycles. The fraction of sp³-hybridized carbons (Fsp3) is 0.240. The molecule has 0 bridgehead atoms. The van der Waals surface area contributed by atoms with Gasteiger partial charge in [-0.1, -0.05) is 30.3 Å². The molecule has 0 spiro atoms. The van der Waals surface area contributed by atoms with Gasteiger partial charge in [0.25, 0.3) is 0 Å². The normalized spacial score (nSPS) is 14.1. The number of carbonyl (C=O) groups is 1. The summed E-state index contributed by atoms with van der Waals surface area (Å²) in [5.41, 5.74) is 1.24. The number of alkyl halides is 3. The number of nitrogens with zero attached hydrogens (tertiary/aromatic N) is 2. The maximum absolute atomic E-state index is 13.2. The van der Waals surface area contributed by atoms with Crippen LogP contribution in [0.2, 0.25) is 5.02 Å². The third kappa shape index (κ3) is 7.34. The minimum absolute atomic E-state index is 0.0254. The van der Waals surface area contributed by atoms with E-state index in [2.05, 4.69) is 37.2 Å². The Labute approximate surface area is 215 Å². The number of rotatable bonds is 8. The molecule has 0 aliphatic carbocycles. The number of amides is 1. The van der Waals surface area contributed by atoms with Crippen molar-refractivity contribution in [2.45, 2.75) is 25.1 Å². The van der Waals surface area contributed by atoms with Crippen molar-refractivity contribution in [2.75, 3.05) is 23.7 Å². The molecule has 3 N–H and O–H groups in total. The van der Waals surface area contributed by atoms with Gasteiger partial charge in [0.15, 0.2) is 5.75 Å². The zero-order valence-corrected chi connectivity index (χ0v) is 20.2. The molecule has 1 aromatic heterocycles. The third-order valence-electron chi connectivity index (χ3n) is 5.50. The highest BCUT2D eigenvalue weighted by atomic mass is 35.5. The number of ether oxygens (including phenoxy) is 2. The van der Waals surface area contributed by atoms with Crippen LogP contribution in [0, 0.1) is 0 Å². The molecule has 0 atom stereocenters. The van der Waals surface area contributed by atoms with Crippen LogP contribution < -0.4 is 25.4 Å². The van der Waals surface area contributed by atoms with Crippen LogP contribution in [0.3, 0.4) is 0 Å². The maximum Gasteiger partial charge on any atom is 0.573 e. The van der Waals surface area contributed by atoms with Crippen molar-refractivity contribution in [1.29, 1.82) is 0 Å². The van der Waals surface area contributed by atoms with E-state index in [1.807, 2.05) is 0 Å². The highest BCUT2D eigenvalue weighted by molar-refractivity contribution is 6.31. The second-order valence-corrected chi connectivity index (χ2v) is 8.53. The molecule has 12 heteroatoms. The van der Waals surface area contributed by atoms with Gasteiger partial charge in [0.1, 0.15) is 10.8 Å². The van der Waals surface area contributed by atoms with E-state index in [0.29, 0.717) is 11.4 Å². The van der Waals surface area contributed by atoms with E-state index >= 15 is 0 Å². The Morgan fingerprint density at radius 1 is 1.19 bits per heavy atom. The molecule has 4 rings (SSSR count). The SMILES string of the molecule is C=CC(=O)Nc1cccc(Oc2nc(Nc3ccc(C4CCNCC4)cc3OC(F)(F)F)ncc2Cl)c1. The number of anilines is 3. The first kappa shape index (κ1) is 26.2. The first-order chi connectivity index (χ1) is 17.7. The zero-order valence-electron chi connectivity index (χ0n) is 19.4. The van der Waals surface area contributed by atoms with E-state index in [1.165, 1.54) is 18.3 Å². The van der Waals surface area contributed by atoms with Gasteiger partial charge in [-0.25, -0.2) is 4.98 Å². The molecule has 0 saturated carbocycles. The predicted molar refractivity (Wildman–Crippen MR) is 134 cm³/mol. The van der Waals surface area contributed by atoms with Crippen molar-refractivity contribution in [2.24, 2.45) is 0 Å². The summed E-state index contributed by atoms with van der Waals surface area (Å²) in [5.74, 6) is -0.458. The summed E-state index contributed by atoms with van der Waals surface area (Å²) < 4.78 is 49.5. The lowest BCUT2D eigenvalue weighted by Gasteiger charge is -2.24. The minimum Gasteiger partial charge on any atom is -0.437 e. The number of carbonyl (C=O) groups excluding carboxylic acids is 1. The van der Waals surface area contributed by atoms with Crippen molar-refractivity contribution >= 4 is 34.8 Å². The van der Waals surface area contributed by atoms with Crippen LogP contribution in [-0.4, -0.2) is 35.3 Å². The monoisotopic (exact) mass is 533 g/mol. The molecule has 0 radical (unpaired) electrons. The summed E-state index contributed by atoms with van der Waals surface area (Å²) in [4.78, 5) is 19.8. The lowest BCUT2D eigenvalue weighted by molar-refractivity contribution is -0.274. The smallest absolute Gasteiger partial charge is 0.437 e. The minimum atomic E-state index is -4.88. The molecule has 8 nitrogen and oxygen atoms in total. The molecule has 3 aromatic rings. The predicted octanol–water partition coefficient (Wildman–Crippen LogP) is 6.16. The van der Waals surface area contributed by atoms with Crippen LogP contribution in [0.1, 0.15) is 24.3 Å². The fourth-order valence-electron chi connectivity index (χ4n) is 3.81. The molecule has 2 heterocycles. The average molecular weight is 534 g/mol. The molecule has 1 aliphatic rings. The molecular formula is C25H23ClF3N5O3. The molecule has 0 unspecified atom stereocenters. The topological polar surface area (TPSA) is 97.4 Å². The summed E-state index contributed by atoms with van der Waals surface area (Å²) in [6.07, 6.45) is -0.870. The molecule has 194 valence electrons. The van der Waals surface area contributed by atoms with E-state index in [-0.39, 0.29) is 28.5 Å². The zero-order chi connectivity index (χ0) is 26.4. The van der Waals surface area contributed by atoms with Gasteiger partial charge in [-0.3, -0.25) is 4.79 Å². The molecular weight excluding hydrogens is 511 g/mol. The van der Waals surface area contributed by atoms with Gasteiger partial charge in [0, 0.05) is 11.8 Å². The highest BCUT2D eigenvalue weighted by Crippen LogP contribution is 2.37. The van der Waals surface area contributed by atoms with Crippen LogP contribution in [0.4, 0.5) is 30.5 Å². The summed E-state index contributed by atoms with van der Waals surface area (Å²) in [5, 5.41) is 8.67.